The van der Waals surface area contributed by atoms with E-state index in [1.165, 1.54) is 0 Å². The summed E-state index contributed by atoms with van der Waals surface area (Å²) in [6.07, 6.45) is 1.90. The van der Waals surface area contributed by atoms with Gasteiger partial charge in [-0.25, -0.2) is 0 Å². The van der Waals surface area contributed by atoms with Gasteiger partial charge in [0.25, 0.3) is 0 Å². The molecule has 1 N–H and O–H groups in total. The number of ether oxygens (including phenoxy) is 1. The zero-order chi connectivity index (χ0) is 10.8. The number of fused-ring (bicyclic) bond motifs is 1. The largest absolute Gasteiger partial charge is 0.497 e. The predicted octanol–water partition coefficient (Wildman–Crippen LogP) is 2.53. The van der Waals surface area contributed by atoms with Crippen LogP contribution in [0.15, 0.2) is 18.2 Å². The van der Waals surface area contributed by atoms with Crippen molar-refractivity contribution in [3.8, 4) is 5.75 Å². The van der Waals surface area contributed by atoms with Gasteiger partial charge in [-0.15, -0.1) is 0 Å². The number of carbonyl (C=O) groups is 1. The topological polar surface area (TPSA) is 38.3 Å². The second-order valence-electron chi connectivity index (χ2n) is 3.78. The molecule has 1 amide bonds. The first-order chi connectivity index (χ1) is 7.26. The standard InChI is InChI=1S/C12H15NO2/c1-3-4-9-10-7-8(15-2)5-6-11(10)13-12(9)14/h5-7,9H,3-4H2,1-2H3,(H,13,14). The van der Waals surface area contributed by atoms with Crippen LogP contribution in [-0.4, -0.2) is 13.0 Å². The lowest BCUT2D eigenvalue weighted by Crippen LogP contribution is -2.11. The van der Waals surface area contributed by atoms with Crippen molar-refractivity contribution in [1.82, 2.24) is 0 Å². The van der Waals surface area contributed by atoms with Crippen molar-refractivity contribution in [2.45, 2.75) is 25.7 Å². The predicted molar refractivity (Wildman–Crippen MR) is 59.3 cm³/mol. The molecule has 0 bridgehead atoms. The molecule has 15 heavy (non-hydrogen) atoms. The van der Waals surface area contributed by atoms with E-state index in [4.69, 9.17) is 4.74 Å². The normalized spacial score (nSPS) is 18.5. The summed E-state index contributed by atoms with van der Waals surface area (Å²) < 4.78 is 5.16. The van der Waals surface area contributed by atoms with E-state index in [9.17, 15) is 4.79 Å². The van der Waals surface area contributed by atoms with Gasteiger partial charge in [0.1, 0.15) is 5.75 Å². The molecule has 0 spiro atoms. The number of carbonyl (C=O) groups excluding carboxylic acids is 1. The van der Waals surface area contributed by atoms with Crippen LogP contribution in [0.5, 0.6) is 5.75 Å². The molecule has 1 aliphatic rings. The van der Waals surface area contributed by atoms with Crippen LogP contribution in [0.4, 0.5) is 5.69 Å². The molecule has 0 saturated heterocycles. The van der Waals surface area contributed by atoms with Gasteiger partial charge in [0, 0.05) is 5.69 Å². The molecule has 0 aromatic heterocycles. The maximum Gasteiger partial charge on any atom is 0.232 e. The summed E-state index contributed by atoms with van der Waals surface area (Å²) in [4.78, 5) is 11.7. The summed E-state index contributed by atoms with van der Waals surface area (Å²) in [5.74, 6) is 0.923. The van der Waals surface area contributed by atoms with Crippen LogP contribution in [0.3, 0.4) is 0 Å². The Balaban J connectivity index is 2.37. The number of hydrogen-bond acceptors (Lipinski definition) is 2. The fraction of sp³-hybridized carbons (Fsp3) is 0.417. The number of hydrogen-bond donors (Lipinski definition) is 1. The van der Waals surface area contributed by atoms with Gasteiger partial charge in [-0.1, -0.05) is 13.3 Å². The highest BCUT2D eigenvalue weighted by atomic mass is 16.5. The first-order valence-electron chi connectivity index (χ1n) is 5.25. The minimum atomic E-state index is 0.0000926. The fourth-order valence-corrected chi connectivity index (χ4v) is 2.01. The number of anilines is 1. The first kappa shape index (κ1) is 10.0. The van der Waals surface area contributed by atoms with Gasteiger partial charge in [-0.3, -0.25) is 4.79 Å². The van der Waals surface area contributed by atoms with Crippen LogP contribution in [0.1, 0.15) is 31.2 Å². The molecule has 2 rings (SSSR count). The molecule has 0 radical (unpaired) electrons. The number of methoxy groups -OCH3 is 1. The van der Waals surface area contributed by atoms with Gasteiger partial charge >= 0.3 is 0 Å². The van der Waals surface area contributed by atoms with Gasteiger partial charge in [0.05, 0.1) is 13.0 Å². The fourth-order valence-electron chi connectivity index (χ4n) is 2.01. The van der Waals surface area contributed by atoms with Crippen molar-refractivity contribution < 1.29 is 9.53 Å². The molecule has 80 valence electrons. The van der Waals surface area contributed by atoms with E-state index < -0.39 is 0 Å². The van der Waals surface area contributed by atoms with Gasteiger partial charge < -0.3 is 10.1 Å². The lowest BCUT2D eigenvalue weighted by Gasteiger charge is -2.07. The Labute approximate surface area is 89.4 Å². The monoisotopic (exact) mass is 205 g/mol. The zero-order valence-electron chi connectivity index (χ0n) is 9.04. The number of amides is 1. The Morgan fingerprint density at radius 3 is 2.93 bits per heavy atom. The van der Waals surface area contributed by atoms with Crippen LogP contribution >= 0.6 is 0 Å². The molecule has 0 aliphatic carbocycles. The highest BCUT2D eigenvalue weighted by Crippen LogP contribution is 2.37. The maximum absolute atomic E-state index is 11.7. The average Bonchev–Trinajstić information content (AvgIpc) is 2.55. The van der Waals surface area contributed by atoms with E-state index in [0.29, 0.717) is 0 Å². The van der Waals surface area contributed by atoms with Crippen LogP contribution < -0.4 is 10.1 Å². The quantitative estimate of drug-likeness (QED) is 0.823. The lowest BCUT2D eigenvalue weighted by atomic mass is 9.96. The molecular weight excluding hydrogens is 190 g/mol. The summed E-state index contributed by atoms with van der Waals surface area (Å²) in [6.45, 7) is 2.09. The molecule has 1 heterocycles. The molecule has 0 fully saturated rings. The zero-order valence-corrected chi connectivity index (χ0v) is 9.04. The minimum Gasteiger partial charge on any atom is -0.497 e. The van der Waals surface area contributed by atoms with Gasteiger partial charge in [-0.2, -0.15) is 0 Å². The van der Waals surface area contributed by atoms with E-state index in [1.54, 1.807) is 7.11 Å². The molecule has 1 atom stereocenters. The molecule has 1 aliphatic heterocycles. The van der Waals surface area contributed by atoms with Crippen LogP contribution in [0.25, 0.3) is 0 Å². The lowest BCUT2D eigenvalue weighted by molar-refractivity contribution is -0.117. The molecule has 1 aromatic carbocycles. The molecule has 3 heteroatoms. The van der Waals surface area contributed by atoms with E-state index in [2.05, 4.69) is 12.2 Å². The molecule has 3 nitrogen and oxygen atoms in total. The Bertz CT molecular complexity index is 387. The number of nitrogens with one attached hydrogen (secondary N) is 1. The number of rotatable bonds is 3. The van der Waals surface area contributed by atoms with Crippen molar-refractivity contribution in [3.05, 3.63) is 23.8 Å². The third kappa shape index (κ3) is 1.69. The smallest absolute Gasteiger partial charge is 0.232 e. The summed E-state index contributed by atoms with van der Waals surface area (Å²) in [6, 6.07) is 5.72. The Kier molecular flexibility index (Phi) is 2.62. The second kappa shape index (κ2) is 3.93. The second-order valence-corrected chi connectivity index (χ2v) is 3.78. The number of benzene rings is 1. The van der Waals surface area contributed by atoms with Gasteiger partial charge in [-0.05, 0) is 30.2 Å². The van der Waals surface area contributed by atoms with Crippen LogP contribution in [-0.2, 0) is 4.79 Å². The minimum absolute atomic E-state index is 0.0000926. The highest BCUT2D eigenvalue weighted by molar-refractivity contribution is 6.03. The highest BCUT2D eigenvalue weighted by Gasteiger charge is 2.29. The summed E-state index contributed by atoms with van der Waals surface area (Å²) in [5, 5.41) is 2.89. The van der Waals surface area contributed by atoms with Crippen LogP contribution in [0, 0.1) is 0 Å². The van der Waals surface area contributed by atoms with Crippen LogP contribution in [0.2, 0.25) is 0 Å². The SMILES string of the molecule is CCCC1C(=O)Nc2ccc(OC)cc21. The Morgan fingerprint density at radius 2 is 2.27 bits per heavy atom. The molecule has 0 saturated carbocycles. The van der Waals surface area contributed by atoms with Crippen molar-refractivity contribution in [2.75, 3.05) is 12.4 Å². The molecule has 1 unspecified atom stereocenters. The van der Waals surface area contributed by atoms with E-state index in [1.807, 2.05) is 18.2 Å². The summed E-state index contributed by atoms with van der Waals surface area (Å²) in [5.41, 5.74) is 2.00. The van der Waals surface area contributed by atoms with Gasteiger partial charge in [0.2, 0.25) is 5.91 Å². The first-order valence-corrected chi connectivity index (χ1v) is 5.25. The van der Waals surface area contributed by atoms with Crippen molar-refractivity contribution in [2.24, 2.45) is 0 Å². The van der Waals surface area contributed by atoms with E-state index >= 15 is 0 Å². The van der Waals surface area contributed by atoms with Crippen molar-refractivity contribution in [1.29, 1.82) is 0 Å². The van der Waals surface area contributed by atoms with Gasteiger partial charge in [0.15, 0.2) is 0 Å². The maximum atomic E-state index is 11.7. The molecular formula is C12H15NO2. The average molecular weight is 205 g/mol. The van der Waals surface area contributed by atoms with Crippen molar-refractivity contribution >= 4 is 11.6 Å². The molecule has 1 aromatic rings. The third-order valence-electron chi connectivity index (χ3n) is 2.79. The summed E-state index contributed by atoms with van der Waals surface area (Å²) in [7, 11) is 1.64. The summed E-state index contributed by atoms with van der Waals surface area (Å²) >= 11 is 0. The van der Waals surface area contributed by atoms with E-state index in [0.717, 1.165) is 29.8 Å². The third-order valence-corrected chi connectivity index (χ3v) is 2.79. The van der Waals surface area contributed by atoms with Crippen molar-refractivity contribution in [3.63, 3.8) is 0 Å². The van der Waals surface area contributed by atoms with E-state index in [-0.39, 0.29) is 11.8 Å². The Hall–Kier alpha value is -1.51. The Morgan fingerprint density at radius 1 is 1.47 bits per heavy atom.